The van der Waals surface area contributed by atoms with Crippen LogP contribution in [-0.4, -0.2) is 18.1 Å². The molecular weight excluding hydrogens is 337 g/mol. The van der Waals surface area contributed by atoms with Crippen molar-refractivity contribution in [3.8, 4) is 0 Å². The Bertz CT molecular complexity index is 732. The second-order valence-electron chi connectivity index (χ2n) is 5.09. The average molecular weight is 350 g/mol. The number of anilines is 1. The van der Waals surface area contributed by atoms with Crippen LogP contribution < -0.4 is 4.90 Å². The second-order valence-corrected chi connectivity index (χ2v) is 5.95. The number of rotatable bonds is 2. The fourth-order valence-electron chi connectivity index (χ4n) is 2.54. The topological polar surface area (TPSA) is 40.5 Å². The van der Waals surface area contributed by atoms with Gasteiger partial charge in [-0.05, 0) is 50.8 Å². The first-order valence-corrected chi connectivity index (χ1v) is 7.29. The smallest absolute Gasteiger partial charge is 0.231 e. The monoisotopic (exact) mass is 349 g/mol. The first-order valence-electron chi connectivity index (χ1n) is 6.50. The van der Waals surface area contributed by atoms with E-state index in [-0.39, 0.29) is 5.91 Å². The zero-order valence-corrected chi connectivity index (χ0v) is 12.9. The van der Waals surface area contributed by atoms with Gasteiger partial charge in [-0.3, -0.25) is 4.79 Å². The van der Waals surface area contributed by atoms with Crippen molar-refractivity contribution in [2.24, 2.45) is 0 Å². The third kappa shape index (κ3) is 2.47. The van der Waals surface area contributed by atoms with E-state index in [0.717, 1.165) is 11.3 Å². The molecule has 2 aromatic rings. The predicted molar refractivity (Wildman–Crippen MR) is 81.7 cm³/mol. The number of amides is 1. The van der Waals surface area contributed by atoms with Crippen molar-refractivity contribution >= 4 is 27.5 Å². The number of hydrogen-bond donors (Lipinski definition) is 1. The number of carbonyl (C=O) groups is 1. The Morgan fingerprint density at radius 3 is 2.62 bits per heavy atom. The number of aliphatic hydroxyl groups excluding tert-OH is 1. The van der Waals surface area contributed by atoms with E-state index in [1.807, 2.05) is 6.07 Å². The molecule has 21 heavy (non-hydrogen) atoms. The van der Waals surface area contributed by atoms with Gasteiger partial charge in [0.1, 0.15) is 11.9 Å². The molecule has 108 valence electrons. The summed E-state index contributed by atoms with van der Waals surface area (Å²) in [6, 6.07) is 9.92. The van der Waals surface area contributed by atoms with E-state index in [4.69, 9.17) is 0 Å². The van der Waals surface area contributed by atoms with Crippen LogP contribution in [0.4, 0.5) is 10.1 Å². The quantitative estimate of drug-likeness (QED) is 0.904. The van der Waals surface area contributed by atoms with Crippen LogP contribution >= 0.6 is 15.9 Å². The van der Waals surface area contributed by atoms with Gasteiger partial charge in [0.15, 0.2) is 0 Å². The third-order valence-electron chi connectivity index (χ3n) is 3.76. The van der Waals surface area contributed by atoms with Crippen LogP contribution in [0.2, 0.25) is 0 Å². The normalized spacial score (nSPS) is 15.2. The Balaban J connectivity index is 1.96. The molecule has 1 atom stereocenters. The highest BCUT2D eigenvalue weighted by atomic mass is 79.9. The minimum Gasteiger partial charge on any atom is -0.384 e. The van der Waals surface area contributed by atoms with Crippen molar-refractivity contribution in [2.45, 2.75) is 12.5 Å². The summed E-state index contributed by atoms with van der Waals surface area (Å²) in [5.41, 5.74) is 2.88. The van der Waals surface area contributed by atoms with Crippen molar-refractivity contribution < 1.29 is 14.3 Å². The van der Waals surface area contributed by atoms with Gasteiger partial charge in [-0.25, -0.2) is 4.39 Å². The lowest BCUT2D eigenvalue weighted by molar-refractivity contribution is -0.117. The Hall–Kier alpha value is -1.72. The third-order valence-corrected chi connectivity index (χ3v) is 4.40. The Morgan fingerprint density at radius 1 is 1.24 bits per heavy atom. The van der Waals surface area contributed by atoms with Crippen LogP contribution in [0.5, 0.6) is 0 Å². The highest BCUT2D eigenvalue weighted by Gasteiger charge is 2.25. The highest BCUT2D eigenvalue weighted by Crippen LogP contribution is 2.32. The number of hydrogen-bond acceptors (Lipinski definition) is 2. The van der Waals surface area contributed by atoms with Gasteiger partial charge in [-0.1, -0.05) is 18.2 Å². The molecule has 0 aromatic heterocycles. The molecule has 0 radical (unpaired) electrons. The molecule has 0 aliphatic carbocycles. The predicted octanol–water partition coefficient (Wildman–Crippen LogP) is 3.19. The minimum atomic E-state index is -0.918. The Morgan fingerprint density at radius 2 is 1.90 bits per heavy atom. The number of fused-ring (bicyclic) bond motifs is 1. The zero-order valence-electron chi connectivity index (χ0n) is 11.3. The van der Waals surface area contributed by atoms with E-state index >= 15 is 0 Å². The first-order chi connectivity index (χ1) is 9.97. The molecular formula is C16H13BrFNO2. The maximum atomic E-state index is 13.6. The molecule has 0 saturated carbocycles. The lowest BCUT2D eigenvalue weighted by atomic mass is 9.98. The van der Waals surface area contributed by atoms with E-state index in [1.54, 1.807) is 36.2 Å². The van der Waals surface area contributed by atoms with E-state index < -0.39 is 11.9 Å². The number of nitrogens with zero attached hydrogens (tertiary/aromatic N) is 1. The summed E-state index contributed by atoms with van der Waals surface area (Å²) >= 11 is 3.09. The highest BCUT2D eigenvalue weighted by molar-refractivity contribution is 9.10. The maximum absolute atomic E-state index is 13.6. The molecule has 1 unspecified atom stereocenters. The summed E-state index contributed by atoms with van der Waals surface area (Å²) < 4.78 is 13.9. The first kappa shape index (κ1) is 14.2. The second kappa shape index (κ2) is 5.24. The van der Waals surface area contributed by atoms with Gasteiger partial charge in [0.2, 0.25) is 5.91 Å². The lowest BCUT2D eigenvalue weighted by Gasteiger charge is -2.15. The van der Waals surface area contributed by atoms with Crippen LogP contribution in [0.3, 0.4) is 0 Å². The molecule has 1 heterocycles. The summed E-state index contributed by atoms with van der Waals surface area (Å²) in [4.78, 5) is 13.3. The van der Waals surface area contributed by atoms with Gasteiger partial charge < -0.3 is 10.0 Å². The molecule has 3 rings (SSSR count). The van der Waals surface area contributed by atoms with Crippen molar-refractivity contribution in [1.29, 1.82) is 0 Å². The van der Waals surface area contributed by atoms with Gasteiger partial charge in [0.25, 0.3) is 0 Å². The molecule has 1 aliphatic heterocycles. The standard InChI is InChI=1S/C16H13BrFNO2/c1-19-14-5-3-9(6-11(14)8-15(19)20)16(21)10-2-4-12(17)13(18)7-10/h2-7,16,21H,8H2,1H3. The van der Waals surface area contributed by atoms with Gasteiger partial charge >= 0.3 is 0 Å². The summed E-state index contributed by atoms with van der Waals surface area (Å²) in [7, 11) is 1.73. The SMILES string of the molecule is CN1C(=O)Cc2cc(C(O)c3ccc(Br)c(F)c3)ccc21. The number of aliphatic hydroxyl groups is 1. The van der Waals surface area contributed by atoms with E-state index in [0.29, 0.717) is 22.0 Å². The molecule has 0 bridgehead atoms. The molecule has 1 aliphatic rings. The van der Waals surface area contributed by atoms with Crippen LogP contribution in [0.1, 0.15) is 22.8 Å². The summed E-state index contributed by atoms with van der Waals surface area (Å²) in [5, 5.41) is 10.4. The number of halogens is 2. The van der Waals surface area contributed by atoms with Gasteiger partial charge in [-0.2, -0.15) is 0 Å². The van der Waals surface area contributed by atoms with Gasteiger partial charge in [0.05, 0.1) is 10.9 Å². The number of likely N-dealkylation sites (N-methyl/N-ethyl adjacent to an activating group) is 1. The molecule has 1 N–H and O–H groups in total. The van der Waals surface area contributed by atoms with Gasteiger partial charge in [0, 0.05) is 12.7 Å². The fraction of sp³-hybridized carbons (Fsp3) is 0.188. The van der Waals surface area contributed by atoms with Crippen LogP contribution in [0.15, 0.2) is 40.9 Å². The summed E-state index contributed by atoms with van der Waals surface area (Å²) in [5.74, 6) is -0.381. The minimum absolute atomic E-state index is 0.0336. The molecule has 5 heteroatoms. The van der Waals surface area contributed by atoms with Crippen LogP contribution in [0.25, 0.3) is 0 Å². The number of carbonyl (C=O) groups excluding carboxylic acids is 1. The zero-order chi connectivity index (χ0) is 15.1. The maximum Gasteiger partial charge on any atom is 0.231 e. The molecule has 0 spiro atoms. The number of benzene rings is 2. The van der Waals surface area contributed by atoms with Gasteiger partial charge in [-0.15, -0.1) is 0 Å². The molecule has 2 aromatic carbocycles. The Kier molecular flexibility index (Phi) is 3.55. The fourth-order valence-corrected chi connectivity index (χ4v) is 2.78. The summed E-state index contributed by atoms with van der Waals surface area (Å²) in [6.45, 7) is 0. The van der Waals surface area contributed by atoms with E-state index in [1.165, 1.54) is 6.07 Å². The van der Waals surface area contributed by atoms with Crippen molar-refractivity contribution in [3.05, 3.63) is 63.4 Å². The Labute approximate surface area is 130 Å². The molecule has 0 saturated heterocycles. The van der Waals surface area contributed by atoms with E-state index in [9.17, 15) is 14.3 Å². The molecule has 3 nitrogen and oxygen atoms in total. The van der Waals surface area contributed by atoms with Crippen molar-refractivity contribution in [1.82, 2.24) is 0 Å². The largest absolute Gasteiger partial charge is 0.384 e. The van der Waals surface area contributed by atoms with Crippen LogP contribution in [-0.2, 0) is 11.2 Å². The molecule has 0 fully saturated rings. The lowest BCUT2D eigenvalue weighted by Crippen LogP contribution is -2.20. The van der Waals surface area contributed by atoms with Crippen molar-refractivity contribution in [3.63, 3.8) is 0 Å². The summed E-state index contributed by atoms with van der Waals surface area (Å²) in [6.07, 6.45) is -0.583. The average Bonchev–Trinajstić information content (AvgIpc) is 2.76. The van der Waals surface area contributed by atoms with E-state index in [2.05, 4.69) is 15.9 Å². The van der Waals surface area contributed by atoms with Crippen molar-refractivity contribution in [2.75, 3.05) is 11.9 Å². The molecule has 1 amide bonds. The van der Waals surface area contributed by atoms with Crippen LogP contribution in [0, 0.1) is 5.82 Å².